The average Bonchev–Trinajstić information content (AvgIpc) is 2.20. The standard InChI is InChI=1S/C12H16ClNO3/c1-7-5-10(13)4-3-9(7)6-14-11(8(2)15)12(16)17/h3-5,8,11,14-15H,6H2,1-2H3,(H,16,17)/t8-,11-/m1/s1. The molecule has 0 fully saturated rings. The van der Waals surface area contributed by atoms with Crippen molar-refractivity contribution in [2.24, 2.45) is 0 Å². The van der Waals surface area contributed by atoms with Gasteiger partial charge in [-0.2, -0.15) is 0 Å². The van der Waals surface area contributed by atoms with E-state index in [2.05, 4.69) is 5.32 Å². The van der Waals surface area contributed by atoms with Gasteiger partial charge in [0, 0.05) is 11.6 Å². The number of hydrogen-bond donors (Lipinski definition) is 3. The van der Waals surface area contributed by atoms with E-state index in [-0.39, 0.29) is 0 Å². The van der Waals surface area contributed by atoms with Crippen LogP contribution in [0.15, 0.2) is 18.2 Å². The molecule has 2 atom stereocenters. The summed E-state index contributed by atoms with van der Waals surface area (Å²) in [5.74, 6) is -1.06. The number of nitrogens with one attached hydrogen (secondary N) is 1. The zero-order valence-electron chi connectivity index (χ0n) is 9.77. The van der Waals surface area contributed by atoms with E-state index in [0.29, 0.717) is 11.6 Å². The molecule has 0 saturated carbocycles. The van der Waals surface area contributed by atoms with Crippen LogP contribution in [0.25, 0.3) is 0 Å². The van der Waals surface area contributed by atoms with Gasteiger partial charge in [0.2, 0.25) is 0 Å². The molecule has 0 radical (unpaired) electrons. The van der Waals surface area contributed by atoms with Crippen molar-refractivity contribution in [2.45, 2.75) is 32.5 Å². The number of aliphatic carboxylic acids is 1. The molecule has 0 aliphatic carbocycles. The van der Waals surface area contributed by atoms with E-state index in [1.807, 2.05) is 19.1 Å². The van der Waals surface area contributed by atoms with Crippen LogP contribution in [0.3, 0.4) is 0 Å². The van der Waals surface area contributed by atoms with Crippen LogP contribution in [0.2, 0.25) is 5.02 Å². The Morgan fingerprint density at radius 1 is 1.53 bits per heavy atom. The number of aliphatic hydroxyl groups is 1. The number of benzene rings is 1. The van der Waals surface area contributed by atoms with Crippen molar-refractivity contribution >= 4 is 17.6 Å². The van der Waals surface area contributed by atoms with Crippen molar-refractivity contribution in [3.05, 3.63) is 34.3 Å². The molecule has 0 amide bonds. The highest BCUT2D eigenvalue weighted by atomic mass is 35.5. The molecule has 3 N–H and O–H groups in total. The first kappa shape index (κ1) is 14.0. The summed E-state index contributed by atoms with van der Waals surface area (Å²) in [6.45, 7) is 3.73. The third kappa shape index (κ3) is 4.00. The maximum Gasteiger partial charge on any atom is 0.323 e. The summed E-state index contributed by atoms with van der Waals surface area (Å²) >= 11 is 5.83. The Balaban J connectivity index is 2.69. The molecule has 0 spiro atoms. The lowest BCUT2D eigenvalue weighted by Crippen LogP contribution is -2.44. The number of halogens is 1. The van der Waals surface area contributed by atoms with Crippen LogP contribution in [0.5, 0.6) is 0 Å². The van der Waals surface area contributed by atoms with Crippen molar-refractivity contribution in [1.82, 2.24) is 5.32 Å². The van der Waals surface area contributed by atoms with Crippen LogP contribution < -0.4 is 5.32 Å². The van der Waals surface area contributed by atoms with Crippen molar-refractivity contribution in [1.29, 1.82) is 0 Å². The van der Waals surface area contributed by atoms with Crippen LogP contribution in [-0.4, -0.2) is 28.3 Å². The fraction of sp³-hybridized carbons (Fsp3) is 0.417. The fourth-order valence-corrected chi connectivity index (χ4v) is 1.77. The molecule has 0 aliphatic rings. The van der Waals surface area contributed by atoms with Crippen molar-refractivity contribution in [3.63, 3.8) is 0 Å². The van der Waals surface area contributed by atoms with E-state index in [4.69, 9.17) is 16.7 Å². The first-order chi connectivity index (χ1) is 7.91. The third-order valence-electron chi connectivity index (χ3n) is 2.57. The number of carboxylic acids is 1. The summed E-state index contributed by atoms with van der Waals surface area (Å²) in [5.41, 5.74) is 1.95. The molecule has 4 nitrogen and oxygen atoms in total. The lowest BCUT2D eigenvalue weighted by molar-refractivity contribution is -0.142. The minimum Gasteiger partial charge on any atom is -0.480 e. The van der Waals surface area contributed by atoms with Gasteiger partial charge >= 0.3 is 5.97 Å². The molecule has 1 rings (SSSR count). The van der Waals surface area contributed by atoms with E-state index >= 15 is 0 Å². The van der Waals surface area contributed by atoms with Crippen molar-refractivity contribution < 1.29 is 15.0 Å². The number of aryl methyl sites for hydroxylation is 1. The summed E-state index contributed by atoms with van der Waals surface area (Å²) < 4.78 is 0. The van der Waals surface area contributed by atoms with Gasteiger partial charge in [0.15, 0.2) is 0 Å². The summed E-state index contributed by atoms with van der Waals surface area (Å²) in [7, 11) is 0. The van der Waals surface area contributed by atoms with Gasteiger partial charge in [-0.15, -0.1) is 0 Å². The predicted molar refractivity (Wildman–Crippen MR) is 66.1 cm³/mol. The van der Waals surface area contributed by atoms with Crippen LogP contribution >= 0.6 is 11.6 Å². The molecule has 0 bridgehead atoms. The smallest absolute Gasteiger partial charge is 0.323 e. The average molecular weight is 258 g/mol. The molecule has 1 aromatic rings. The van der Waals surface area contributed by atoms with Crippen LogP contribution in [0.1, 0.15) is 18.1 Å². The lowest BCUT2D eigenvalue weighted by Gasteiger charge is -2.17. The number of carbonyl (C=O) groups is 1. The molecule has 0 unspecified atom stereocenters. The van der Waals surface area contributed by atoms with Gasteiger partial charge in [-0.05, 0) is 37.1 Å². The zero-order chi connectivity index (χ0) is 13.0. The minimum atomic E-state index is -1.06. The van der Waals surface area contributed by atoms with Crippen LogP contribution in [-0.2, 0) is 11.3 Å². The molecule has 0 aromatic heterocycles. The van der Waals surface area contributed by atoms with Gasteiger partial charge in [0.05, 0.1) is 6.10 Å². The van der Waals surface area contributed by atoms with Crippen LogP contribution in [0, 0.1) is 6.92 Å². The van der Waals surface area contributed by atoms with Gasteiger partial charge in [-0.3, -0.25) is 10.1 Å². The Labute approximate surface area is 105 Å². The van der Waals surface area contributed by atoms with Crippen molar-refractivity contribution in [2.75, 3.05) is 0 Å². The van der Waals surface area contributed by atoms with Gasteiger partial charge in [0.25, 0.3) is 0 Å². The Hall–Kier alpha value is -1.10. The highest BCUT2D eigenvalue weighted by molar-refractivity contribution is 6.30. The van der Waals surface area contributed by atoms with E-state index < -0.39 is 18.1 Å². The summed E-state index contributed by atoms with van der Waals surface area (Å²) in [6, 6.07) is 4.44. The quantitative estimate of drug-likeness (QED) is 0.749. The number of hydrogen-bond acceptors (Lipinski definition) is 3. The molecular formula is C12H16ClNO3. The topological polar surface area (TPSA) is 69.6 Å². The highest BCUT2D eigenvalue weighted by Crippen LogP contribution is 2.15. The molecule has 0 aliphatic heterocycles. The maximum atomic E-state index is 10.9. The predicted octanol–water partition coefficient (Wildman–Crippen LogP) is 1.57. The molecular weight excluding hydrogens is 242 g/mol. The van der Waals surface area contributed by atoms with Gasteiger partial charge in [-0.25, -0.2) is 0 Å². The molecule has 94 valence electrons. The monoisotopic (exact) mass is 257 g/mol. The first-order valence-corrected chi connectivity index (χ1v) is 5.69. The maximum absolute atomic E-state index is 10.9. The van der Waals surface area contributed by atoms with Crippen molar-refractivity contribution in [3.8, 4) is 0 Å². The van der Waals surface area contributed by atoms with E-state index in [1.54, 1.807) is 6.07 Å². The minimum absolute atomic E-state index is 0.380. The van der Waals surface area contributed by atoms with Crippen LogP contribution in [0.4, 0.5) is 0 Å². The van der Waals surface area contributed by atoms with E-state index in [9.17, 15) is 9.90 Å². The summed E-state index contributed by atoms with van der Waals surface area (Å²) in [6.07, 6.45) is -0.944. The molecule has 0 saturated heterocycles. The fourth-order valence-electron chi connectivity index (χ4n) is 1.54. The Morgan fingerprint density at radius 2 is 2.18 bits per heavy atom. The SMILES string of the molecule is Cc1cc(Cl)ccc1CN[C@@H](C(=O)O)[C@@H](C)O. The Morgan fingerprint density at radius 3 is 2.65 bits per heavy atom. The summed E-state index contributed by atoms with van der Waals surface area (Å²) in [5, 5.41) is 21.7. The zero-order valence-corrected chi connectivity index (χ0v) is 10.5. The third-order valence-corrected chi connectivity index (χ3v) is 2.80. The second-order valence-electron chi connectivity index (χ2n) is 4.01. The highest BCUT2D eigenvalue weighted by Gasteiger charge is 2.22. The van der Waals surface area contributed by atoms with Gasteiger partial charge < -0.3 is 10.2 Å². The van der Waals surface area contributed by atoms with E-state index in [0.717, 1.165) is 11.1 Å². The van der Waals surface area contributed by atoms with Gasteiger partial charge in [-0.1, -0.05) is 17.7 Å². The van der Waals surface area contributed by atoms with E-state index in [1.165, 1.54) is 6.92 Å². The molecule has 1 aromatic carbocycles. The lowest BCUT2D eigenvalue weighted by atomic mass is 10.1. The Kier molecular flexibility index (Phi) is 4.93. The normalized spacial score (nSPS) is 14.4. The Bertz CT molecular complexity index is 407. The largest absolute Gasteiger partial charge is 0.480 e. The number of carboxylic acid groups (broad SMARTS) is 1. The number of rotatable bonds is 5. The van der Waals surface area contributed by atoms with Gasteiger partial charge in [0.1, 0.15) is 6.04 Å². The molecule has 5 heteroatoms. The first-order valence-electron chi connectivity index (χ1n) is 5.31. The number of aliphatic hydroxyl groups excluding tert-OH is 1. The second-order valence-corrected chi connectivity index (χ2v) is 4.44. The molecule has 17 heavy (non-hydrogen) atoms. The summed E-state index contributed by atoms with van der Waals surface area (Å²) in [4.78, 5) is 10.9. The molecule has 0 heterocycles. The second kappa shape index (κ2) is 6.00.